The fraction of sp³-hybridized carbons (Fsp3) is 0.647. The van der Waals surface area contributed by atoms with E-state index in [0.717, 1.165) is 6.54 Å². The summed E-state index contributed by atoms with van der Waals surface area (Å²) in [6, 6.07) is 10.6. The number of rotatable bonds is 4. The van der Waals surface area contributed by atoms with Crippen LogP contribution in [0.3, 0.4) is 0 Å². The fourth-order valence-corrected chi connectivity index (χ4v) is 3.23. The van der Waals surface area contributed by atoms with Gasteiger partial charge in [-0.15, -0.1) is 0 Å². The lowest BCUT2D eigenvalue weighted by molar-refractivity contribution is 0.0999. The minimum atomic E-state index is 0.145. The normalized spacial score (nSPS) is 22.9. The second-order valence-corrected chi connectivity index (χ2v) is 6.92. The minimum Gasteiger partial charge on any atom is -0.324 e. The van der Waals surface area contributed by atoms with Crippen molar-refractivity contribution in [3.05, 3.63) is 35.9 Å². The molecule has 2 nitrogen and oxygen atoms in total. The van der Waals surface area contributed by atoms with Crippen molar-refractivity contribution >= 4 is 0 Å². The number of hydrogen-bond acceptors (Lipinski definition) is 2. The van der Waals surface area contributed by atoms with Crippen molar-refractivity contribution in [2.75, 3.05) is 19.6 Å². The molecule has 2 rings (SSSR count). The molecule has 106 valence electrons. The minimum absolute atomic E-state index is 0.145. The van der Waals surface area contributed by atoms with Crippen LogP contribution in [0.25, 0.3) is 0 Å². The Bertz CT molecular complexity index is 386. The van der Waals surface area contributed by atoms with E-state index in [9.17, 15) is 0 Å². The summed E-state index contributed by atoms with van der Waals surface area (Å²) >= 11 is 0. The third kappa shape index (κ3) is 4.05. The van der Waals surface area contributed by atoms with Gasteiger partial charge >= 0.3 is 0 Å². The number of nitrogens with zero attached hydrogens (tertiary/aromatic N) is 1. The van der Waals surface area contributed by atoms with Crippen LogP contribution in [-0.4, -0.2) is 24.5 Å². The number of hydrogen-bond donors (Lipinski definition) is 1. The lowest BCUT2D eigenvalue weighted by Crippen LogP contribution is -2.43. The highest BCUT2D eigenvalue weighted by atomic mass is 15.1. The lowest BCUT2D eigenvalue weighted by Gasteiger charge is -2.40. The summed E-state index contributed by atoms with van der Waals surface area (Å²) in [5.41, 5.74) is 8.12. The van der Waals surface area contributed by atoms with E-state index < -0.39 is 0 Å². The summed E-state index contributed by atoms with van der Waals surface area (Å²) in [7, 11) is 0. The van der Waals surface area contributed by atoms with Crippen LogP contribution < -0.4 is 5.73 Å². The van der Waals surface area contributed by atoms with E-state index in [0.29, 0.717) is 11.3 Å². The predicted octanol–water partition coefficient (Wildman–Crippen LogP) is 3.44. The third-order valence-electron chi connectivity index (χ3n) is 4.32. The quantitative estimate of drug-likeness (QED) is 0.898. The Balaban J connectivity index is 1.92. The van der Waals surface area contributed by atoms with Gasteiger partial charge in [-0.1, -0.05) is 51.1 Å². The first kappa shape index (κ1) is 14.5. The average Bonchev–Trinajstić information content (AvgIpc) is 2.37. The SMILES string of the molecule is CC(CN1CCCC(C)(C)C1)C(N)c1ccccc1. The van der Waals surface area contributed by atoms with Crippen LogP contribution in [0.2, 0.25) is 0 Å². The zero-order valence-corrected chi connectivity index (χ0v) is 12.6. The fourth-order valence-electron chi connectivity index (χ4n) is 3.23. The Kier molecular flexibility index (Phi) is 4.64. The molecule has 1 aliphatic rings. The summed E-state index contributed by atoms with van der Waals surface area (Å²) in [5, 5.41) is 0. The molecule has 0 amide bonds. The highest BCUT2D eigenvalue weighted by molar-refractivity contribution is 5.19. The standard InChI is InChI=1S/C17H28N2/c1-14(16(18)15-8-5-4-6-9-15)12-19-11-7-10-17(2,3)13-19/h4-6,8-9,14,16H,7,10-13,18H2,1-3H3. The Morgan fingerprint density at radius 1 is 1.26 bits per heavy atom. The molecule has 0 aromatic heterocycles. The molecule has 1 heterocycles. The second-order valence-electron chi connectivity index (χ2n) is 6.92. The Hall–Kier alpha value is -0.860. The zero-order valence-electron chi connectivity index (χ0n) is 12.6. The molecule has 0 bridgehead atoms. The van der Waals surface area contributed by atoms with Crippen LogP contribution in [0.1, 0.15) is 45.2 Å². The first-order chi connectivity index (χ1) is 8.98. The van der Waals surface area contributed by atoms with Gasteiger partial charge in [0, 0.05) is 19.1 Å². The Labute approximate surface area is 118 Å². The van der Waals surface area contributed by atoms with E-state index in [2.05, 4.69) is 49.9 Å². The Morgan fingerprint density at radius 3 is 2.58 bits per heavy atom. The molecule has 0 spiro atoms. The molecule has 19 heavy (non-hydrogen) atoms. The zero-order chi connectivity index (χ0) is 13.9. The molecule has 2 heteroatoms. The predicted molar refractivity (Wildman–Crippen MR) is 82.0 cm³/mol. The van der Waals surface area contributed by atoms with Crippen molar-refractivity contribution in [3.8, 4) is 0 Å². The average molecular weight is 260 g/mol. The number of piperidine rings is 1. The van der Waals surface area contributed by atoms with Crippen molar-refractivity contribution in [2.45, 2.75) is 39.7 Å². The highest BCUT2D eigenvalue weighted by Crippen LogP contribution is 2.30. The molecule has 0 radical (unpaired) electrons. The Morgan fingerprint density at radius 2 is 1.95 bits per heavy atom. The molecule has 2 atom stereocenters. The smallest absolute Gasteiger partial charge is 0.0333 e. The van der Waals surface area contributed by atoms with E-state index in [1.807, 2.05) is 6.07 Å². The molecule has 2 N–H and O–H groups in total. The van der Waals surface area contributed by atoms with Gasteiger partial charge in [0.25, 0.3) is 0 Å². The van der Waals surface area contributed by atoms with Gasteiger partial charge in [0.2, 0.25) is 0 Å². The van der Waals surface area contributed by atoms with Gasteiger partial charge in [-0.05, 0) is 36.3 Å². The molecule has 1 aliphatic heterocycles. The molecular formula is C17H28N2. The maximum absolute atomic E-state index is 6.40. The van der Waals surface area contributed by atoms with Gasteiger partial charge in [-0.3, -0.25) is 0 Å². The van der Waals surface area contributed by atoms with Crippen LogP contribution in [0.4, 0.5) is 0 Å². The molecule has 1 aromatic carbocycles. The summed E-state index contributed by atoms with van der Waals surface area (Å²) in [5.74, 6) is 0.497. The molecule has 0 aliphatic carbocycles. The second kappa shape index (κ2) is 6.06. The van der Waals surface area contributed by atoms with Crippen molar-refractivity contribution in [2.24, 2.45) is 17.1 Å². The largest absolute Gasteiger partial charge is 0.324 e. The molecule has 2 unspecified atom stereocenters. The lowest BCUT2D eigenvalue weighted by atomic mass is 9.83. The van der Waals surface area contributed by atoms with E-state index >= 15 is 0 Å². The summed E-state index contributed by atoms with van der Waals surface area (Å²) < 4.78 is 0. The number of likely N-dealkylation sites (tertiary alicyclic amines) is 1. The van der Waals surface area contributed by atoms with Gasteiger partial charge in [0.05, 0.1) is 0 Å². The third-order valence-corrected chi connectivity index (χ3v) is 4.32. The van der Waals surface area contributed by atoms with Crippen LogP contribution in [0, 0.1) is 11.3 Å². The van der Waals surface area contributed by atoms with Gasteiger partial charge < -0.3 is 10.6 Å². The molecular weight excluding hydrogens is 232 g/mol. The molecule has 1 aromatic rings. The first-order valence-electron chi connectivity index (χ1n) is 7.51. The van der Waals surface area contributed by atoms with E-state index in [-0.39, 0.29) is 6.04 Å². The number of benzene rings is 1. The molecule has 1 saturated heterocycles. The number of nitrogens with two attached hydrogens (primary N) is 1. The van der Waals surface area contributed by atoms with Crippen LogP contribution in [0.5, 0.6) is 0 Å². The van der Waals surface area contributed by atoms with Crippen molar-refractivity contribution in [1.82, 2.24) is 4.90 Å². The van der Waals surface area contributed by atoms with Gasteiger partial charge in [0.15, 0.2) is 0 Å². The maximum atomic E-state index is 6.40. The van der Waals surface area contributed by atoms with Crippen molar-refractivity contribution in [3.63, 3.8) is 0 Å². The van der Waals surface area contributed by atoms with Gasteiger partial charge in [-0.25, -0.2) is 0 Å². The van der Waals surface area contributed by atoms with E-state index in [1.54, 1.807) is 0 Å². The van der Waals surface area contributed by atoms with Crippen LogP contribution in [-0.2, 0) is 0 Å². The summed E-state index contributed by atoms with van der Waals surface area (Å²) in [6.45, 7) is 10.6. The molecule has 0 saturated carbocycles. The van der Waals surface area contributed by atoms with E-state index in [4.69, 9.17) is 5.73 Å². The van der Waals surface area contributed by atoms with Crippen molar-refractivity contribution in [1.29, 1.82) is 0 Å². The first-order valence-corrected chi connectivity index (χ1v) is 7.51. The summed E-state index contributed by atoms with van der Waals surface area (Å²) in [4.78, 5) is 2.59. The van der Waals surface area contributed by atoms with Gasteiger partial charge in [-0.2, -0.15) is 0 Å². The van der Waals surface area contributed by atoms with Crippen molar-refractivity contribution < 1.29 is 0 Å². The van der Waals surface area contributed by atoms with Gasteiger partial charge in [0.1, 0.15) is 0 Å². The highest BCUT2D eigenvalue weighted by Gasteiger charge is 2.28. The topological polar surface area (TPSA) is 29.3 Å². The van der Waals surface area contributed by atoms with E-state index in [1.165, 1.54) is 31.5 Å². The maximum Gasteiger partial charge on any atom is 0.0333 e. The monoisotopic (exact) mass is 260 g/mol. The molecule has 1 fully saturated rings. The van der Waals surface area contributed by atoms with Crippen LogP contribution in [0.15, 0.2) is 30.3 Å². The van der Waals surface area contributed by atoms with Crippen LogP contribution >= 0.6 is 0 Å². The summed E-state index contributed by atoms with van der Waals surface area (Å²) in [6.07, 6.45) is 2.67.